The van der Waals surface area contributed by atoms with Gasteiger partial charge in [0.1, 0.15) is 10.8 Å². The van der Waals surface area contributed by atoms with Crippen molar-refractivity contribution in [2.24, 2.45) is 0 Å². The molecule has 0 bridgehead atoms. The number of allylic oxidation sites excluding steroid dienone is 4. The van der Waals surface area contributed by atoms with Crippen molar-refractivity contribution in [2.75, 3.05) is 14.1 Å². The molecule has 0 fully saturated rings. The van der Waals surface area contributed by atoms with Crippen molar-refractivity contribution < 1.29 is 9.21 Å². The third-order valence-electron chi connectivity index (χ3n) is 4.58. The quantitative estimate of drug-likeness (QED) is 0.928. The summed E-state index contributed by atoms with van der Waals surface area (Å²) >= 11 is 0. The lowest BCUT2D eigenvalue weighted by molar-refractivity contribution is 0.0967. The van der Waals surface area contributed by atoms with Gasteiger partial charge in [-0.2, -0.15) is 0 Å². The minimum absolute atomic E-state index is 0.122. The summed E-state index contributed by atoms with van der Waals surface area (Å²) in [6.45, 7) is 0. The molecule has 1 amide bonds. The van der Waals surface area contributed by atoms with Crippen LogP contribution in [0.25, 0.3) is 18.2 Å². The van der Waals surface area contributed by atoms with E-state index in [1.165, 1.54) is 5.70 Å². The molecule has 2 aliphatic rings. The number of fused-ring (bicyclic) bond motifs is 3. The van der Waals surface area contributed by atoms with E-state index in [1.807, 2.05) is 62.7 Å². The van der Waals surface area contributed by atoms with E-state index in [2.05, 4.69) is 16.3 Å². The maximum absolute atomic E-state index is 12.5. The number of benzene rings is 1. The van der Waals surface area contributed by atoms with Crippen molar-refractivity contribution in [3.8, 4) is 0 Å². The Morgan fingerprint density at radius 3 is 2.65 bits per heavy atom. The van der Waals surface area contributed by atoms with Crippen LogP contribution in [0.5, 0.6) is 0 Å². The molecular formula is C22H20N2O2. The van der Waals surface area contributed by atoms with Gasteiger partial charge in [0, 0.05) is 48.6 Å². The summed E-state index contributed by atoms with van der Waals surface area (Å²) in [6, 6.07) is 9.21. The van der Waals surface area contributed by atoms with Crippen LogP contribution >= 0.6 is 0 Å². The summed E-state index contributed by atoms with van der Waals surface area (Å²) in [6.07, 6.45) is 12.6. The monoisotopic (exact) mass is 344 g/mol. The highest BCUT2D eigenvalue weighted by atomic mass is 16.3. The van der Waals surface area contributed by atoms with E-state index >= 15 is 0 Å². The lowest BCUT2D eigenvalue weighted by atomic mass is 10.0. The number of carbonyl (C=O) groups is 1. The average molecular weight is 344 g/mol. The molecule has 1 N–H and O–H groups in total. The number of amides is 1. The first-order chi connectivity index (χ1) is 12.6. The zero-order valence-electron chi connectivity index (χ0n) is 14.8. The van der Waals surface area contributed by atoms with Crippen molar-refractivity contribution in [3.63, 3.8) is 0 Å². The zero-order chi connectivity index (χ0) is 18.1. The second-order valence-electron chi connectivity index (χ2n) is 6.56. The van der Waals surface area contributed by atoms with Crippen LogP contribution in [-0.4, -0.2) is 24.9 Å². The second-order valence-corrected chi connectivity index (χ2v) is 6.56. The van der Waals surface area contributed by atoms with E-state index < -0.39 is 0 Å². The molecular weight excluding hydrogens is 324 g/mol. The van der Waals surface area contributed by atoms with E-state index in [0.29, 0.717) is 5.56 Å². The van der Waals surface area contributed by atoms with E-state index in [4.69, 9.17) is 4.42 Å². The number of nitrogens with one attached hydrogen (secondary N) is 1. The smallest absolute Gasteiger partial charge is 0.255 e. The summed E-state index contributed by atoms with van der Waals surface area (Å²) in [7, 11) is 4.08. The van der Waals surface area contributed by atoms with Gasteiger partial charge in [-0.25, -0.2) is 0 Å². The lowest BCUT2D eigenvalue weighted by Crippen LogP contribution is -2.22. The van der Waals surface area contributed by atoms with E-state index in [9.17, 15) is 4.79 Å². The maximum atomic E-state index is 12.5. The van der Waals surface area contributed by atoms with Gasteiger partial charge in [-0.15, -0.1) is 0 Å². The van der Waals surface area contributed by atoms with Crippen LogP contribution in [0.4, 0.5) is 0 Å². The predicted molar refractivity (Wildman–Crippen MR) is 103 cm³/mol. The topological polar surface area (TPSA) is 45.5 Å². The van der Waals surface area contributed by atoms with Gasteiger partial charge < -0.3 is 14.6 Å². The van der Waals surface area contributed by atoms with Gasteiger partial charge in [-0.05, 0) is 42.5 Å². The summed E-state index contributed by atoms with van der Waals surface area (Å²) in [5.41, 5.74) is 6.49. The molecule has 0 atom stereocenters. The van der Waals surface area contributed by atoms with Crippen molar-refractivity contribution in [3.05, 3.63) is 87.5 Å². The van der Waals surface area contributed by atoms with Gasteiger partial charge in [0.25, 0.3) is 5.91 Å². The highest BCUT2D eigenvalue weighted by Gasteiger charge is 2.17. The van der Waals surface area contributed by atoms with Gasteiger partial charge in [-0.3, -0.25) is 4.79 Å². The minimum atomic E-state index is -0.122. The number of furan rings is 1. The van der Waals surface area contributed by atoms with Crippen molar-refractivity contribution >= 4 is 24.1 Å². The molecule has 0 aliphatic heterocycles. The van der Waals surface area contributed by atoms with Gasteiger partial charge >= 0.3 is 0 Å². The largest absolute Gasteiger partial charge is 0.456 e. The molecule has 1 heterocycles. The molecule has 26 heavy (non-hydrogen) atoms. The highest BCUT2D eigenvalue weighted by Crippen LogP contribution is 2.17. The first-order valence-electron chi connectivity index (χ1n) is 8.58. The number of carbonyl (C=O) groups excluding carboxylic acids is 1. The minimum Gasteiger partial charge on any atom is -0.456 e. The standard InChI is InChI=1S/C22H20N2O2/c1-24(2)17-11-12-21-19(14-17)18-13-16(9-6-10-20(18)26-21)23-22(25)15-7-4-3-5-8-15/h3-13H,14H2,1-2H3,(H,23,25). The number of hydrogen-bond donors (Lipinski definition) is 1. The molecule has 0 spiro atoms. The number of hydrogen-bond acceptors (Lipinski definition) is 3. The molecule has 130 valence electrons. The van der Waals surface area contributed by atoms with Gasteiger partial charge in [0.05, 0.1) is 0 Å². The SMILES string of the molecule is CN(C)C1=CC=c2oc3c(c2C1)C=C(NC(=O)c1ccccc1)C=CC=3. The summed E-state index contributed by atoms with van der Waals surface area (Å²) in [5.74, 6) is -0.122. The van der Waals surface area contributed by atoms with Crippen LogP contribution < -0.4 is 16.1 Å². The maximum Gasteiger partial charge on any atom is 0.255 e. The molecule has 0 saturated carbocycles. The number of likely N-dealkylation sites (N-methyl/N-ethyl adjacent to an activating group) is 1. The molecule has 0 saturated heterocycles. The third kappa shape index (κ3) is 3.02. The van der Waals surface area contributed by atoms with Crippen LogP contribution in [0, 0.1) is 0 Å². The van der Waals surface area contributed by atoms with Crippen LogP contribution in [0.2, 0.25) is 0 Å². The molecule has 0 unspecified atom stereocenters. The normalized spacial score (nSPS) is 14.7. The Balaban J connectivity index is 1.68. The number of rotatable bonds is 3. The van der Waals surface area contributed by atoms with Crippen LogP contribution in [0.1, 0.15) is 21.5 Å². The lowest BCUT2D eigenvalue weighted by Gasteiger charge is -2.18. The second kappa shape index (κ2) is 6.56. The fourth-order valence-electron chi connectivity index (χ4n) is 3.15. The molecule has 4 nitrogen and oxygen atoms in total. The molecule has 2 aromatic rings. The third-order valence-corrected chi connectivity index (χ3v) is 4.58. The van der Waals surface area contributed by atoms with E-state index in [0.717, 1.165) is 34.1 Å². The highest BCUT2D eigenvalue weighted by molar-refractivity contribution is 5.96. The average Bonchev–Trinajstić information content (AvgIpc) is 2.86. The summed E-state index contributed by atoms with van der Waals surface area (Å²) in [5, 5.41) is 2.99. The fourth-order valence-corrected chi connectivity index (χ4v) is 3.15. The summed E-state index contributed by atoms with van der Waals surface area (Å²) < 4.78 is 5.99. The Kier molecular flexibility index (Phi) is 4.09. The van der Waals surface area contributed by atoms with Crippen LogP contribution in [0.15, 0.2) is 64.4 Å². The molecule has 4 heteroatoms. The Labute approximate surface area is 152 Å². The Hall–Kier alpha value is -3.27. The number of nitrogens with zero attached hydrogens (tertiary/aromatic N) is 1. The van der Waals surface area contributed by atoms with Gasteiger partial charge in [0.15, 0.2) is 0 Å². The van der Waals surface area contributed by atoms with Crippen molar-refractivity contribution in [2.45, 2.75) is 6.42 Å². The molecule has 0 radical (unpaired) electrons. The molecule has 1 aromatic carbocycles. The van der Waals surface area contributed by atoms with Crippen molar-refractivity contribution in [1.29, 1.82) is 0 Å². The molecule has 2 aliphatic carbocycles. The Morgan fingerprint density at radius 2 is 1.88 bits per heavy atom. The molecule has 1 aromatic heterocycles. The first-order valence-corrected chi connectivity index (χ1v) is 8.58. The first kappa shape index (κ1) is 16.2. The van der Waals surface area contributed by atoms with Gasteiger partial charge in [0.2, 0.25) is 0 Å². The van der Waals surface area contributed by atoms with Gasteiger partial charge in [-0.1, -0.05) is 24.3 Å². The van der Waals surface area contributed by atoms with E-state index in [1.54, 1.807) is 12.1 Å². The predicted octanol–water partition coefficient (Wildman–Crippen LogP) is 2.18. The Bertz CT molecular complexity index is 1070. The van der Waals surface area contributed by atoms with E-state index in [-0.39, 0.29) is 5.91 Å². The summed E-state index contributed by atoms with van der Waals surface area (Å²) in [4.78, 5) is 14.6. The van der Waals surface area contributed by atoms with Crippen LogP contribution in [-0.2, 0) is 6.42 Å². The van der Waals surface area contributed by atoms with Crippen LogP contribution in [0.3, 0.4) is 0 Å². The fraction of sp³-hybridized carbons (Fsp3) is 0.136. The van der Waals surface area contributed by atoms with Crippen molar-refractivity contribution in [1.82, 2.24) is 10.2 Å². The Morgan fingerprint density at radius 1 is 1.08 bits per heavy atom. The molecule has 4 rings (SSSR count). The zero-order valence-corrected chi connectivity index (χ0v) is 14.8.